The molecule has 96 valence electrons. The van der Waals surface area contributed by atoms with Crippen molar-refractivity contribution >= 4 is 0 Å². The number of rotatable bonds is 4. The summed E-state index contributed by atoms with van der Waals surface area (Å²) < 4.78 is 5.51. The van der Waals surface area contributed by atoms with Crippen molar-refractivity contribution in [3.05, 3.63) is 23.7 Å². The van der Waals surface area contributed by atoms with Crippen LogP contribution in [0.1, 0.15) is 31.6 Å². The summed E-state index contributed by atoms with van der Waals surface area (Å²) in [7, 11) is 1.96. The summed E-state index contributed by atoms with van der Waals surface area (Å²) in [5, 5.41) is 3.15. The van der Waals surface area contributed by atoms with E-state index in [-0.39, 0.29) is 0 Å². The van der Waals surface area contributed by atoms with E-state index in [9.17, 15) is 0 Å². The Kier molecular flexibility index (Phi) is 4.24. The highest BCUT2D eigenvalue weighted by Crippen LogP contribution is 2.24. The van der Waals surface area contributed by atoms with Gasteiger partial charge in [-0.1, -0.05) is 13.8 Å². The molecule has 1 aromatic heterocycles. The lowest BCUT2D eigenvalue weighted by molar-refractivity contribution is 0.131. The Balaban J connectivity index is 1.94. The molecule has 0 radical (unpaired) electrons. The van der Waals surface area contributed by atoms with Crippen LogP contribution in [0, 0.1) is 11.8 Å². The second-order valence-corrected chi connectivity index (χ2v) is 5.38. The number of hydrogen-bond acceptors (Lipinski definition) is 3. The van der Waals surface area contributed by atoms with Crippen LogP contribution in [-0.2, 0) is 13.1 Å². The van der Waals surface area contributed by atoms with Crippen LogP contribution < -0.4 is 5.32 Å². The highest BCUT2D eigenvalue weighted by Gasteiger charge is 2.23. The van der Waals surface area contributed by atoms with Crippen molar-refractivity contribution in [2.45, 2.75) is 33.4 Å². The summed E-state index contributed by atoms with van der Waals surface area (Å²) >= 11 is 0. The van der Waals surface area contributed by atoms with Gasteiger partial charge in [-0.05, 0) is 37.9 Å². The van der Waals surface area contributed by atoms with Gasteiger partial charge < -0.3 is 9.73 Å². The van der Waals surface area contributed by atoms with Crippen LogP contribution in [0.15, 0.2) is 16.7 Å². The molecule has 0 spiro atoms. The maximum absolute atomic E-state index is 5.51. The molecule has 1 aliphatic heterocycles. The van der Waals surface area contributed by atoms with Gasteiger partial charge in [-0.3, -0.25) is 4.90 Å². The Morgan fingerprint density at radius 1 is 1.41 bits per heavy atom. The van der Waals surface area contributed by atoms with Gasteiger partial charge in [0.2, 0.25) is 0 Å². The lowest BCUT2D eigenvalue weighted by Crippen LogP contribution is -2.37. The van der Waals surface area contributed by atoms with Gasteiger partial charge in [-0.15, -0.1) is 0 Å². The largest absolute Gasteiger partial charge is 0.468 e. The molecular formula is C14H24N2O. The average Bonchev–Trinajstić information content (AvgIpc) is 2.72. The van der Waals surface area contributed by atoms with Crippen molar-refractivity contribution in [2.24, 2.45) is 11.8 Å². The molecule has 0 aliphatic carbocycles. The lowest BCUT2D eigenvalue weighted by atomic mass is 9.88. The van der Waals surface area contributed by atoms with Gasteiger partial charge in [0.15, 0.2) is 0 Å². The number of likely N-dealkylation sites (tertiary alicyclic amines) is 1. The zero-order chi connectivity index (χ0) is 12.3. The van der Waals surface area contributed by atoms with Gasteiger partial charge in [-0.2, -0.15) is 0 Å². The molecule has 2 unspecified atom stereocenters. The second kappa shape index (κ2) is 5.69. The number of nitrogens with zero attached hydrogens (tertiary/aromatic N) is 1. The van der Waals surface area contributed by atoms with Crippen molar-refractivity contribution in [3.8, 4) is 0 Å². The molecule has 0 aromatic carbocycles. The molecule has 0 saturated carbocycles. The summed E-state index contributed by atoms with van der Waals surface area (Å²) in [6.45, 7) is 9.01. The first-order chi connectivity index (χ1) is 8.20. The van der Waals surface area contributed by atoms with Crippen molar-refractivity contribution in [3.63, 3.8) is 0 Å². The van der Waals surface area contributed by atoms with E-state index in [1.807, 2.05) is 7.05 Å². The number of furan rings is 1. The molecule has 2 heterocycles. The highest BCUT2D eigenvalue weighted by atomic mass is 16.3. The normalized spacial score (nSPS) is 26.3. The molecule has 2 atom stereocenters. The predicted octanol–water partition coefficient (Wildman–Crippen LogP) is 2.48. The Hall–Kier alpha value is -0.800. The quantitative estimate of drug-likeness (QED) is 0.870. The van der Waals surface area contributed by atoms with E-state index in [1.54, 1.807) is 6.26 Å². The fourth-order valence-corrected chi connectivity index (χ4v) is 2.56. The topological polar surface area (TPSA) is 28.4 Å². The van der Waals surface area contributed by atoms with Crippen molar-refractivity contribution in [1.82, 2.24) is 10.2 Å². The van der Waals surface area contributed by atoms with Gasteiger partial charge in [0, 0.05) is 18.7 Å². The first-order valence-electron chi connectivity index (χ1n) is 6.63. The summed E-state index contributed by atoms with van der Waals surface area (Å²) in [5.41, 5.74) is 1.33. The van der Waals surface area contributed by atoms with Crippen LogP contribution in [0.25, 0.3) is 0 Å². The molecule has 3 nitrogen and oxygen atoms in total. The standard InChI is InChI=1S/C14H24N2O/c1-11-4-6-16(9-12(11)2)10-13-5-7-17-14(13)8-15-3/h5,7,11-12,15H,4,6,8-10H2,1-3H3. The third kappa shape index (κ3) is 3.11. The molecule has 0 bridgehead atoms. The van der Waals surface area contributed by atoms with E-state index in [0.717, 1.165) is 30.7 Å². The van der Waals surface area contributed by atoms with Crippen LogP contribution >= 0.6 is 0 Å². The van der Waals surface area contributed by atoms with Gasteiger partial charge in [-0.25, -0.2) is 0 Å². The maximum Gasteiger partial charge on any atom is 0.122 e. The Morgan fingerprint density at radius 3 is 2.94 bits per heavy atom. The second-order valence-electron chi connectivity index (χ2n) is 5.38. The Morgan fingerprint density at radius 2 is 2.24 bits per heavy atom. The third-order valence-corrected chi connectivity index (χ3v) is 3.99. The zero-order valence-electron chi connectivity index (χ0n) is 11.2. The van der Waals surface area contributed by atoms with Gasteiger partial charge >= 0.3 is 0 Å². The summed E-state index contributed by atoms with van der Waals surface area (Å²) in [4.78, 5) is 2.55. The Labute approximate surface area is 104 Å². The fourth-order valence-electron chi connectivity index (χ4n) is 2.56. The van der Waals surface area contributed by atoms with Crippen LogP contribution in [-0.4, -0.2) is 25.0 Å². The molecular weight excluding hydrogens is 212 g/mol. The maximum atomic E-state index is 5.51. The molecule has 1 aliphatic rings. The van der Waals surface area contributed by atoms with Crippen LogP contribution in [0.5, 0.6) is 0 Å². The van der Waals surface area contributed by atoms with Gasteiger partial charge in [0.1, 0.15) is 5.76 Å². The van der Waals surface area contributed by atoms with E-state index in [4.69, 9.17) is 4.42 Å². The van der Waals surface area contributed by atoms with Gasteiger partial charge in [0.05, 0.1) is 12.8 Å². The first kappa shape index (κ1) is 12.7. The van der Waals surface area contributed by atoms with E-state index in [2.05, 4.69) is 30.1 Å². The van der Waals surface area contributed by atoms with E-state index in [1.165, 1.54) is 25.1 Å². The fraction of sp³-hybridized carbons (Fsp3) is 0.714. The molecule has 17 heavy (non-hydrogen) atoms. The molecule has 0 amide bonds. The summed E-state index contributed by atoms with van der Waals surface area (Å²) in [5.74, 6) is 2.76. The number of hydrogen-bond donors (Lipinski definition) is 1. The lowest BCUT2D eigenvalue weighted by Gasteiger charge is -2.35. The van der Waals surface area contributed by atoms with Gasteiger partial charge in [0.25, 0.3) is 0 Å². The minimum Gasteiger partial charge on any atom is -0.468 e. The molecule has 1 saturated heterocycles. The average molecular weight is 236 g/mol. The van der Waals surface area contributed by atoms with Crippen LogP contribution in [0.2, 0.25) is 0 Å². The third-order valence-electron chi connectivity index (χ3n) is 3.99. The Bertz CT molecular complexity index is 348. The SMILES string of the molecule is CNCc1occc1CN1CCC(C)C(C)C1. The minimum absolute atomic E-state index is 0.809. The van der Waals surface area contributed by atoms with E-state index >= 15 is 0 Å². The van der Waals surface area contributed by atoms with Crippen molar-refractivity contribution in [2.75, 3.05) is 20.1 Å². The van der Waals surface area contributed by atoms with Crippen LogP contribution in [0.4, 0.5) is 0 Å². The number of piperidine rings is 1. The van der Waals surface area contributed by atoms with Crippen LogP contribution in [0.3, 0.4) is 0 Å². The summed E-state index contributed by atoms with van der Waals surface area (Å²) in [6.07, 6.45) is 3.12. The molecule has 2 rings (SSSR count). The summed E-state index contributed by atoms with van der Waals surface area (Å²) in [6, 6.07) is 2.11. The van der Waals surface area contributed by atoms with Crippen molar-refractivity contribution < 1.29 is 4.42 Å². The minimum atomic E-state index is 0.809. The smallest absolute Gasteiger partial charge is 0.122 e. The monoisotopic (exact) mass is 236 g/mol. The molecule has 1 aromatic rings. The first-order valence-corrected chi connectivity index (χ1v) is 6.63. The predicted molar refractivity (Wildman–Crippen MR) is 69.7 cm³/mol. The van der Waals surface area contributed by atoms with E-state index < -0.39 is 0 Å². The number of nitrogens with one attached hydrogen (secondary N) is 1. The molecule has 3 heteroatoms. The highest BCUT2D eigenvalue weighted by molar-refractivity contribution is 5.16. The molecule has 1 fully saturated rings. The van der Waals surface area contributed by atoms with Crippen molar-refractivity contribution in [1.29, 1.82) is 0 Å². The zero-order valence-corrected chi connectivity index (χ0v) is 11.2. The van der Waals surface area contributed by atoms with E-state index in [0.29, 0.717) is 0 Å². The molecule has 1 N–H and O–H groups in total.